The van der Waals surface area contributed by atoms with Gasteiger partial charge in [0.1, 0.15) is 5.69 Å². The molecule has 2 aromatic heterocycles. The molecule has 118 valence electrons. The molecule has 0 radical (unpaired) electrons. The van der Waals surface area contributed by atoms with Gasteiger partial charge < -0.3 is 9.32 Å². The minimum atomic E-state index is -0.0490. The first-order valence-electron chi connectivity index (χ1n) is 7.53. The van der Waals surface area contributed by atoms with Crippen molar-refractivity contribution in [1.29, 1.82) is 0 Å². The second-order valence-electron chi connectivity index (χ2n) is 5.33. The Labute approximate surface area is 139 Å². The third-order valence-corrected chi connectivity index (χ3v) is 4.46. The summed E-state index contributed by atoms with van der Waals surface area (Å²) in [5.74, 6) is 0.646. The molecule has 0 saturated heterocycles. The summed E-state index contributed by atoms with van der Waals surface area (Å²) in [5, 5.41) is 2.52. The fourth-order valence-corrected chi connectivity index (χ4v) is 3.11. The first-order valence-corrected chi connectivity index (χ1v) is 8.41. The van der Waals surface area contributed by atoms with E-state index in [1.54, 1.807) is 16.5 Å². The second-order valence-corrected chi connectivity index (χ2v) is 6.19. The van der Waals surface area contributed by atoms with Crippen LogP contribution in [0.3, 0.4) is 0 Å². The lowest BCUT2D eigenvalue weighted by Crippen LogP contribution is -2.28. The maximum Gasteiger partial charge on any atom is 0.273 e. The van der Waals surface area contributed by atoms with Crippen LogP contribution in [0.4, 0.5) is 0 Å². The average molecular weight is 326 g/mol. The monoisotopic (exact) mass is 326 g/mol. The molecule has 0 bridgehead atoms. The number of rotatable bonds is 6. The summed E-state index contributed by atoms with van der Waals surface area (Å²) in [4.78, 5) is 18.5. The summed E-state index contributed by atoms with van der Waals surface area (Å²) in [6.07, 6.45) is 3.50. The van der Waals surface area contributed by atoms with Crippen molar-refractivity contribution in [2.45, 2.75) is 12.8 Å². The zero-order chi connectivity index (χ0) is 16.1. The van der Waals surface area contributed by atoms with Gasteiger partial charge in [-0.3, -0.25) is 4.79 Å². The predicted molar refractivity (Wildman–Crippen MR) is 91.5 cm³/mol. The van der Waals surface area contributed by atoms with E-state index in [1.165, 1.54) is 16.9 Å². The molecule has 0 saturated carbocycles. The van der Waals surface area contributed by atoms with Crippen LogP contribution >= 0.6 is 11.3 Å². The lowest BCUT2D eigenvalue weighted by atomic mass is 10.1. The van der Waals surface area contributed by atoms with Crippen molar-refractivity contribution in [3.05, 3.63) is 65.4 Å². The molecule has 0 spiro atoms. The normalized spacial score (nSPS) is 10.7. The van der Waals surface area contributed by atoms with E-state index in [1.807, 2.05) is 37.4 Å². The fourth-order valence-electron chi connectivity index (χ4n) is 2.35. The van der Waals surface area contributed by atoms with Crippen LogP contribution in [0.15, 0.2) is 58.5 Å². The summed E-state index contributed by atoms with van der Waals surface area (Å²) in [7, 11) is 1.82. The number of carbonyl (C=O) groups is 1. The number of aryl methyl sites for hydroxylation is 1. The standard InChI is InChI=1S/C18H18N2O2S/c1-20(11-5-9-14-7-3-2-4-8-14)18(21)15-13-23-17(19-15)16-10-6-12-22-16/h2-4,6-8,10,12-13H,5,9,11H2,1H3. The van der Waals surface area contributed by atoms with E-state index < -0.39 is 0 Å². The molecule has 5 heteroatoms. The average Bonchev–Trinajstić information content (AvgIpc) is 3.26. The Morgan fingerprint density at radius 3 is 2.78 bits per heavy atom. The highest BCUT2D eigenvalue weighted by Crippen LogP contribution is 2.24. The zero-order valence-electron chi connectivity index (χ0n) is 12.9. The van der Waals surface area contributed by atoms with E-state index >= 15 is 0 Å². The molecule has 23 heavy (non-hydrogen) atoms. The third kappa shape index (κ3) is 3.87. The number of carbonyl (C=O) groups excluding carboxylic acids is 1. The van der Waals surface area contributed by atoms with Gasteiger partial charge in [-0.1, -0.05) is 30.3 Å². The van der Waals surface area contributed by atoms with Gasteiger partial charge >= 0.3 is 0 Å². The molecule has 0 fully saturated rings. The lowest BCUT2D eigenvalue weighted by Gasteiger charge is -2.15. The van der Waals surface area contributed by atoms with Crippen molar-refractivity contribution >= 4 is 17.2 Å². The maximum absolute atomic E-state index is 12.4. The first-order chi connectivity index (χ1) is 11.2. The smallest absolute Gasteiger partial charge is 0.273 e. The van der Waals surface area contributed by atoms with Gasteiger partial charge in [0.15, 0.2) is 10.8 Å². The van der Waals surface area contributed by atoms with Crippen LogP contribution < -0.4 is 0 Å². The molecule has 3 rings (SSSR count). The van der Waals surface area contributed by atoms with E-state index in [-0.39, 0.29) is 5.91 Å². The van der Waals surface area contributed by atoms with E-state index in [0.717, 1.165) is 17.8 Å². The number of amides is 1. The third-order valence-electron chi connectivity index (χ3n) is 3.60. The van der Waals surface area contributed by atoms with Gasteiger partial charge in [-0.25, -0.2) is 4.98 Å². The number of aromatic nitrogens is 1. The Kier molecular flexibility index (Phi) is 4.88. The summed E-state index contributed by atoms with van der Waals surface area (Å²) < 4.78 is 5.31. The van der Waals surface area contributed by atoms with Crippen LogP contribution in [0.5, 0.6) is 0 Å². The number of furan rings is 1. The minimum Gasteiger partial charge on any atom is -0.462 e. The Hall–Kier alpha value is -2.40. The van der Waals surface area contributed by atoms with Gasteiger partial charge in [-0.15, -0.1) is 11.3 Å². The second kappa shape index (κ2) is 7.24. The molecule has 2 heterocycles. The Balaban J connectivity index is 1.55. The van der Waals surface area contributed by atoms with Gasteiger partial charge in [-0.2, -0.15) is 0 Å². The van der Waals surface area contributed by atoms with E-state index in [4.69, 9.17) is 4.42 Å². The molecule has 0 N–H and O–H groups in total. The fraction of sp³-hybridized carbons (Fsp3) is 0.222. The van der Waals surface area contributed by atoms with Crippen LogP contribution in [0, 0.1) is 0 Å². The first kappa shape index (κ1) is 15.5. The van der Waals surface area contributed by atoms with Crippen LogP contribution in [-0.4, -0.2) is 29.4 Å². The van der Waals surface area contributed by atoms with Crippen LogP contribution in [0.25, 0.3) is 10.8 Å². The molecule has 0 aliphatic rings. The molecule has 0 aliphatic heterocycles. The summed E-state index contributed by atoms with van der Waals surface area (Å²) in [5.41, 5.74) is 1.77. The topological polar surface area (TPSA) is 46.3 Å². The maximum atomic E-state index is 12.4. The lowest BCUT2D eigenvalue weighted by molar-refractivity contribution is 0.0788. The van der Waals surface area contributed by atoms with Gasteiger partial charge in [0.05, 0.1) is 6.26 Å². The van der Waals surface area contributed by atoms with Gasteiger partial charge in [0.2, 0.25) is 0 Å². The highest BCUT2D eigenvalue weighted by Gasteiger charge is 2.16. The Morgan fingerprint density at radius 2 is 2.04 bits per heavy atom. The van der Waals surface area contributed by atoms with Gasteiger partial charge in [0.25, 0.3) is 5.91 Å². The predicted octanol–water partition coefficient (Wildman–Crippen LogP) is 4.11. The quantitative estimate of drug-likeness (QED) is 0.685. The Bertz CT molecular complexity index is 750. The van der Waals surface area contributed by atoms with Crippen LogP contribution in [0.1, 0.15) is 22.5 Å². The SMILES string of the molecule is CN(CCCc1ccccc1)C(=O)c1csc(-c2ccco2)n1. The van der Waals surface area contributed by atoms with Gasteiger partial charge in [-0.05, 0) is 30.5 Å². The van der Waals surface area contributed by atoms with Crippen molar-refractivity contribution in [3.8, 4) is 10.8 Å². The van der Waals surface area contributed by atoms with Crippen molar-refractivity contribution in [3.63, 3.8) is 0 Å². The largest absolute Gasteiger partial charge is 0.462 e. The molecular formula is C18H18N2O2S. The van der Waals surface area contributed by atoms with Crippen molar-refractivity contribution in [2.24, 2.45) is 0 Å². The Morgan fingerprint density at radius 1 is 1.22 bits per heavy atom. The molecule has 0 aliphatic carbocycles. The number of hydrogen-bond donors (Lipinski definition) is 0. The number of benzene rings is 1. The highest BCUT2D eigenvalue weighted by atomic mass is 32.1. The summed E-state index contributed by atoms with van der Waals surface area (Å²) in [6, 6.07) is 14.0. The van der Waals surface area contributed by atoms with Gasteiger partial charge in [0, 0.05) is 19.0 Å². The molecule has 1 aromatic carbocycles. The molecule has 3 aromatic rings. The highest BCUT2D eigenvalue weighted by molar-refractivity contribution is 7.13. The van der Waals surface area contributed by atoms with Crippen molar-refractivity contribution in [2.75, 3.05) is 13.6 Å². The van der Waals surface area contributed by atoms with E-state index in [9.17, 15) is 4.79 Å². The molecular weight excluding hydrogens is 308 g/mol. The van der Waals surface area contributed by atoms with E-state index in [0.29, 0.717) is 18.0 Å². The summed E-state index contributed by atoms with van der Waals surface area (Å²) in [6.45, 7) is 0.710. The molecule has 0 atom stereocenters. The number of nitrogens with zero attached hydrogens (tertiary/aromatic N) is 2. The molecule has 4 nitrogen and oxygen atoms in total. The summed E-state index contributed by atoms with van der Waals surface area (Å²) >= 11 is 1.42. The van der Waals surface area contributed by atoms with Crippen LogP contribution in [-0.2, 0) is 6.42 Å². The number of hydrogen-bond acceptors (Lipinski definition) is 4. The van der Waals surface area contributed by atoms with E-state index in [2.05, 4.69) is 17.1 Å². The zero-order valence-corrected chi connectivity index (χ0v) is 13.8. The van der Waals surface area contributed by atoms with Crippen molar-refractivity contribution in [1.82, 2.24) is 9.88 Å². The molecule has 1 amide bonds. The minimum absolute atomic E-state index is 0.0490. The molecule has 0 unspecified atom stereocenters. The number of thiazole rings is 1. The van der Waals surface area contributed by atoms with Crippen molar-refractivity contribution < 1.29 is 9.21 Å². The van der Waals surface area contributed by atoms with Crippen LogP contribution in [0.2, 0.25) is 0 Å².